The molecule has 5 heteroatoms. The molecule has 0 radical (unpaired) electrons. The van der Waals surface area contributed by atoms with Crippen LogP contribution < -0.4 is 0 Å². The number of fused-ring (bicyclic) bond motifs is 1. The zero-order valence-corrected chi connectivity index (χ0v) is 7.40. The summed E-state index contributed by atoms with van der Waals surface area (Å²) >= 11 is 0. The van der Waals surface area contributed by atoms with E-state index in [2.05, 4.69) is 10.1 Å². The van der Waals surface area contributed by atoms with Crippen LogP contribution in [0.5, 0.6) is 0 Å². The van der Waals surface area contributed by atoms with E-state index in [0.717, 1.165) is 18.7 Å². The summed E-state index contributed by atoms with van der Waals surface area (Å²) in [5.74, 6) is 0.644. The van der Waals surface area contributed by atoms with Crippen molar-refractivity contribution in [3.63, 3.8) is 0 Å². The summed E-state index contributed by atoms with van der Waals surface area (Å²) in [5, 5.41) is 13.0. The number of carboxylic acids is 1. The van der Waals surface area contributed by atoms with Gasteiger partial charge in [0.05, 0.1) is 0 Å². The van der Waals surface area contributed by atoms with Crippen molar-refractivity contribution in [1.29, 1.82) is 0 Å². The van der Waals surface area contributed by atoms with E-state index in [0.29, 0.717) is 12.2 Å². The molecule has 0 saturated carbocycles. The van der Waals surface area contributed by atoms with Gasteiger partial charge >= 0.3 is 5.97 Å². The van der Waals surface area contributed by atoms with Gasteiger partial charge in [-0.3, -0.25) is 0 Å². The minimum absolute atomic E-state index is 0.509. The van der Waals surface area contributed by atoms with Crippen LogP contribution in [0.15, 0.2) is 0 Å². The van der Waals surface area contributed by atoms with Gasteiger partial charge in [0.15, 0.2) is 6.04 Å². The van der Waals surface area contributed by atoms with Crippen LogP contribution in [0.1, 0.15) is 30.5 Å². The summed E-state index contributed by atoms with van der Waals surface area (Å²) in [4.78, 5) is 15.0. The van der Waals surface area contributed by atoms with Crippen molar-refractivity contribution >= 4 is 5.97 Å². The Balaban J connectivity index is 2.41. The zero-order chi connectivity index (χ0) is 9.42. The minimum atomic E-state index is -0.814. The first-order valence-electron chi connectivity index (χ1n) is 4.33. The quantitative estimate of drug-likeness (QED) is 0.686. The molecular weight excluding hydrogens is 170 g/mol. The van der Waals surface area contributed by atoms with Gasteiger partial charge < -0.3 is 5.11 Å². The smallest absolute Gasteiger partial charge is 0.328 e. The van der Waals surface area contributed by atoms with Crippen molar-refractivity contribution in [2.75, 3.05) is 0 Å². The van der Waals surface area contributed by atoms with Gasteiger partial charge in [0.25, 0.3) is 0 Å². The maximum atomic E-state index is 10.8. The van der Waals surface area contributed by atoms with Gasteiger partial charge in [-0.1, -0.05) is 0 Å². The summed E-state index contributed by atoms with van der Waals surface area (Å²) < 4.78 is 1.54. The molecule has 0 fully saturated rings. The Bertz CT molecular complexity index is 345. The Morgan fingerprint density at radius 2 is 2.46 bits per heavy atom. The number of hydrogen-bond acceptors (Lipinski definition) is 3. The van der Waals surface area contributed by atoms with Gasteiger partial charge in [-0.15, -0.1) is 0 Å². The third-order valence-corrected chi connectivity index (χ3v) is 2.27. The second-order valence-electron chi connectivity index (χ2n) is 3.27. The molecule has 1 atom stereocenters. The van der Waals surface area contributed by atoms with Crippen LogP contribution in [-0.4, -0.2) is 25.8 Å². The first kappa shape index (κ1) is 8.22. The first-order chi connectivity index (χ1) is 6.18. The fraction of sp³-hybridized carbons (Fsp3) is 0.625. The number of carboxylic acid groups (broad SMARTS) is 1. The van der Waals surface area contributed by atoms with Crippen molar-refractivity contribution in [2.45, 2.75) is 32.2 Å². The minimum Gasteiger partial charge on any atom is -0.480 e. The van der Waals surface area contributed by atoms with Gasteiger partial charge in [0.1, 0.15) is 11.6 Å². The first-order valence-corrected chi connectivity index (χ1v) is 4.33. The molecule has 1 N–H and O–H groups in total. The third kappa shape index (κ3) is 1.30. The number of aromatic nitrogens is 3. The fourth-order valence-corrected chi connectivity index (χ4v) is 1.70. The average molecular weight is 181 g/mol. The summed E-state index contributed by atoms with van der Waals surface area (Å²) in [6.07, 6.45) is 2.38. The molecule has 1 unspecified atom stereocenters. The molecule has 1 aromatic heterocycles. The van der Waals surface area contributed by atoms with Gasteiger partial charge in [0.2, 0.25) is 0 Å². The van der Waals surface area contributed by atoms with Crippen molar-refractivity contribution < 1.29 is 9.90 Å². The van der Waals surface area contributed by atoms with Gasteiger partial charge in [0, 0.05) is 6.42 Å². The Kier molecular flexibility index (Phi) is 1.79. The van der Waals surface area contributed by atoms with Crippen LogP contribution in [0.3, 0.4) is 0 Å². The highest BCUT2D eigenvalue weighted by Gasteiger charge is 2.27. The average Bonchev–Trinajstić information content (AvgIpc) is 2.43. The van der Waals surface area contributed by atoms with E-state index in [1.54, 1.807) is 11.6 Å². The van der Waals surface area contributed by atoms with Gasteiger partial charge in [-0.25, -0.2) is 14.5 Å². The van der Waals surface area contributed by atoms with Crippen LogP contribution in [0.2, 0.25) is 0 Å². The topological polar surface area (TPSA) is 68.0 Å². The molecule has 0 spiro atoms. The number of aryl methyl sites for hydroxylation is 2. The van der Waals surface area contributed by atoms with E-state index in [4.69, 9.17) is 5.11 Å². The molecule has 0 amide bonds. The molecule has 0 bridgehead atoms. The monoisotopic (exact) mass is 181 g/mol. The summed E-state index contributed by atoms with van der Waals surface area (Å²) in [5.41, 5.74) is 0. The fourth-order valence-electron chi connectivity index (χ4n) is 1.70. The highest BCUT2D eigenvalue weighted by molar-refractivity contribution is 5.71. The molecule has 0 aromatic carbocycles. The molecule has 1 aromatic rings. The van der Waals surface area contributed by atoms with E-state index in [9.17, 15) is 4.79 Å². The Hall–Kier alpha value is -1.39. The van der Waals surface area contributed by atoms with Crippen molar-refractivity contribution in [3.8, 4) is 0 Å². The Morgan fingerprint density at radius 3 is 3.15 bits per heavy atom. The van der Waals surface area contributed by atoms with E-state index >= 15 is 0 Å². The molecule has 1 aliphatic heterocycles. The van der Waals surface area contributed by atoms with Crippen LogP contribution in [0.4, 0.5) is 0 Å². The van der Waals surface area contributed by atoms with E-state index < -0.39 is 12.0 Å². The third-order valence-electron chi connectivity index (χ3n) is 2.27. The molecule has 2 heterocycles. The lowest BCUT2D eigenvalue weighted by molar-refractivity contribution is -0.141. The highest BCUT2D eigenvalue weighted by Crippen LogP contribution is 2.22. The van der Waals surface area contributed by atoms with Gasteiger partial charge in [-0.2, -0.15) is 5.10 Å². The van der Waals surface area contributed by atoms with Crippen molar-refractivity contribution in [3.05, 3.63) is 11.6 Å². The second-order valence-corrected chi connectivity index (χ2v) is 3.27. The number of rotatable bonds is 1. The molecule has 70 valence electrons. The zero-order valence-electron chi connectivity index (χ0n) is 7.40. The largest absolute Gasteiger partial charge is 0.480 e. The molecule has 0 saturated heterocycles. The predicted molar refractivity (Wildman–Crippen MR) is 44.4 cm³/mol. The van der Waals surface area contributed by atoms with Crippen LogP contribution in [-0.2, 0) is 11.2 Å². The summed E-state index contributed by atoms with van der Waals surface area (Å²) in [7, 11) is 0. The lowest BCUT2D eigenvalue weighted by Gasteiger charge is -2.19. The standard InChI is InChI=1S/C8H11N3O2/c1-5-9-7-4-2-3-6(8(12)13)11(7)10-5/h6H,2-4H2,1H3,(H,12,13). The van der Waals surface area contributed by atoms with Gasteiger partial charge in [-0.05, 0) is 19.8 Å². The number of nitrogens with zero attached hydrogens (tertiary/aromatic N) is 3. The van der Waals surface area contributed by atoms with E-state index in [1.807, 2.05) is 0 Å². The molecular formula is C8H11N3O2. The lowest BCUT2D eigenvalue weighted by atomic mass is 10.1. The number of aliphatic carboxylic acids is 1. The van der Waals surface area contributed by atoms with Crippen LogP contribution >= 0.6 is 0 Å². The van der Waals surface area contributed by atoms with Crippen molar-refractivity contribution in [1.82, 2.24) is 14.8 Å². The van der Waals surface area contributed by atoms with E-state index in [1.165, 1.54) is 0 Å². The molecule has 5 nitrogen and oxygen atoms in total. The second kappa shape index (κ2) is 2.83. The number of hydrogen-bond donors (Lipinski definition) is 1. The molecule has 2 rings (SSSR count). The highest BCUT2D eigenvalue weighted by atomic mass is 16.4. The maximum absolute atomic E-state index is 10.8. The SMILES string of the molecule is Cc1nc2n(n1)C(C(=O)O)CCC2. The lowest BCUT2D eigenvalue weighted by Crippen LogP contribution is -2.25. The van der Waals surface area contributed by atoms with Crippen LogP contribution in [0.25, 0.3) is 0 Å². The molecule has 1 aliphatic rings. The number of carbonyl (C=O) groups is 1. The normalized spacial score (nSPS) is 21.2. The van der Waals surface area contributed by atoms with Crippen molar-refractivity contribution in [2.24, 2.45) is 0 Å². The predicted octanol–water partition coefficient (Wildman–Crippen LogP) is 0.549. The molecule has 13 heavy (non-hydrogen) atoms. The Morgan fingerprint density at radius 1 is 1.69 bits per heavy atom. The summed E-state index contributed by atoms with van der Waals surface area (Å²) in [6, 6.07) is -0.509. The molecule has 0 aliphatic carbocycles. The van der Waals surface area contributed by atoms with E-state index in [-0.39, 0.29) is 0 Å². The summed E-state index contributed by atoms with van der Waals surface area (Å²) in [6.45, 7) is 1.78. The van der Waals surface area contributed by atoms with Crippen LogP contribution in [0, 0.1) is 6.92 Å². The Labute approximate surface area is 75.4 Å². The maximum Gasteiger partial charge on any atom is 0.328 e.